The van der Waals surface area contributed by atoms with Gasteiger partial charge in [-0.2, -0.15) is 0 Å². The molecule has 1 aliphatic rings. The smallest absolute Gasteiger partial charge is 0.407 e. The molecule has 1 aromatic rings. The molecule has 1 heterocycles. The first-order valence-electron chi connectivity index (χ1n) is 9.58. The van der Waals surface area contributed by atoms with Crippen LogP contribution in [0.1, 0.15) is 47.5 Å². The largest absolute Gasteiger partial charge is 0.444 e. The van der Waals surface area contributed by atoms with Gasteiger partial charge < -0.3 is 25.4 Å². The highest BCUT2D eigenvalue weighted by molar-refractivity contribution is 5.91. The molecule has 1 amide bonds. The standard InChI is InChI=1S/C21H31N3O4/c1-6-14(2)19(25)27-17-11-7-10-16(18(17)22)24-12-8-9-15(13-24)23-20(26)28-21(3,4)5/h6-7,10-11,15H,8-9,12-13,22H2,1-5H3,(H,23,26)/t15-/m1/s1. The van der Waals surface area contributed by atoms with Crippen molar-refractivity contribution < 1.29 is 19.1 Å². The molecule has 28 heavy (non-hydrogen) atoms. The highest BCUT2D eigenvalue weighted by Crippen LogP contribution is 2.34. The van der Waals surface area contributed by atoms with Crippen molar-refractivity contribution in [3.63, 3.8) is 0 Å². The number of rotatable bonds is 4. The van der Waals surface area contributed by atoms with E-state index in [0.717, 1.165) is 25.1 Å². The summed E-state index contributed by atoms with van der Waals surface area (Å²) in [7, 11) is 0. The number of nitrogens with one attached hydrogen (secondary N) is 1. The first-order chi connectivity index (χ1) is 13.1. The number of nitrogens with two attached hydrogens (primary N) is 1. The molecular weight excluding hydrogens is 358 g/mol. The molecule has 0 aromatic heterocycles. The van der Waals surface area contributed by atoms with Crippen LogP contribution >= 0.6 is 0 Å². The van der Waals surface area contributed by atoms with Gasteiger partial charge in [0.05, 0.1) is 11.4 Å². The lowest BCUT2D eigenvalue weighted by Crippen LogP contribution is -2.49. The van der Waals surface area contributed by atoms with Gasteiger partial charge in [-0.15, -0.1) is 0 Å². The molecule has 3 N–H and O–H groups in total. The average Bonchev–Trinajstić information content (AvgIpc) is 2.61. The number of nitrogens with zero attached hydrogens (tertiary/aromatic N) is 1. The van der Waals surface area contributed by atoms with Crippen molar-refractivity contribution in [2.24, 2.45) is 0 Å². The monoisotopic (exact) mass is 389 g/mol. The molecular formula is C21H31N3O4. The molecule has 154 valence electrons. The number of piperidine rings is 1. The minimum atomic E-state index is -0.536. The molecule has 0 bridgehead atoms. The lowest BCUT2D eigenvalue weighted by atomic mass is 10.0. The zero-order chi connectivity index (χ0) is 20.9. The summed E-state index contributed by atoms with van der Waals surface area (Å²) in [6.07, 6.45) is 3.05. The van der Waals surface area contributed by atoms with E-state index in [1.165, 1.54) is 0 Å². The Labute approximate surface area is 166 Å². The van der Waals surface area contributed by atoms with Gasteiger partial charge in [-0.25, -0.2) is 9.59 Å². The molecule has 7 heteroatoms. The Morgan fingerprint density at radius 1 is 1.32 bits per heavy atom. The first-order valence-corrected chi connectivity index (χ1v) is 9.58. The second-order valence-electron chi connectivity index (χ2n) is 7.98. The van der Waals surface area contributed by atoms with Crippen LogP contribution in [0.2, 0.25) is 0 Å². The van der Waals surface area contributed by atoms with Gasteiger partial charge in [-0.05, 0) is 59.6 Å². The molecule has 0 saturated carbocycles. The zero-order valence-corrected chi connectivity index (χ0v) is 17.4. The minimum absolute atomic E-state index is 0.0422. The lowest BCUT2D eigenvalue weighted by Gasteiger charge is -2.35. The van der Waals surface area contributed by atoms with Crippen LogP contribution in [0.25, 0.3) is 0 Å². The number of allylic oxidation sites excluding steroid dienone is 1. The lowest BCUT2D eigenvalue weighted by molar-refractivity contribution is -0.130. The number of carbonyl (C=O) groups is 2. The van der Waals surface area contributed by atoms with Gasteiger partial charge >= 0.3 is 12.1 Å². The van der Waals surface area contributed by atoms with Crippen molar-refractivity contribution >= 4 is 23.4 Å². The zero-order valence-electron chi connectivity index (χ0n) is 17.4. The normalized spacial score (nSPS) is 17.8. The molecule has 1 aromatic carbocycles. The Morgan fingerprint density at radius 2 is 2.04 bits per heavy atom. The van der Waals surface area contributed by atoms with Gasteiger partial charge in [0.1, 0.15) is 5.60 Å². The summed E-state index contributed by atoms with van der Waals surface area (Å²) in [6, 6.07) is 5.34. The van der Waals surface area contributed by atoms with Gasteiger partial charge in [-0.1, -0.05) is 12.1 Å². The predicted molar refractivity (Wildman–Crippen MR) is 111 cm³/mol. The van der Waals surface area contributed by atoms with Gasteiger partial charge in [0, 0.05) is 24.7 Å². The van der Waals surface area contributed by atoms with Gasteiger partial charge in [0.15, 0.2) is 5.75 Å². The maximum absolute atomic E-state index is 12.1. The highest BCUT2D eigenvalue weighted by Gasteiger charge is 2.26. The maximum Gasteiger partial charge on any atom is 0.407 e. The van der Waals surface area contributed by atoms with E-state index in [9.17, 15) is 9.59 Å². The van der Waals surface area contributed by atoms with Crippen LogP contribution in [-0.4, -0.2) is 36.8 Å². The predicted octanol–water partition coefficient (Wildman–Crippen LogP) is 3.63. The van der Waals surface area contributed by atoms with Crippen LogP contribution in [0.5, 0.6) is 5.75 Å². The third-order valence-electron chi connectivity index (χ3n) is 4.48. The third-order valence-corrected chi connectivity index (χ3v) is 4.48. The summed E-state index contributed by atoms with van der Waals surface area (Å²) in [4.78, 5) is 26.2. The number of ether oxygens (including phenoxy) is 2. The molecule has 1 saturated heterocycles. The van der Waals surface area contributed by atoms with Crippen LogP contribution in [0.4, 0.5) is 16.2 Å². The quantitative estimate of drug-likeness (QED) is 0.353. The van der Waals surface area contributed by atoms with E-state index >= 15 is 0 Å². The van der Waals surface area contributed by atoms with Crippen LogP contribution in [0.3, 0.4) is 0 Å². The fourth-order valence-corrected chi connectivity index (χ4v) is 2.98. The molecule has 1 fully saturated rings. The average molecular weight is 389 g/mol. The number of alkyl carbamates (subject to hydrolysis) is 1. The van der Waals surface area contributed by atoms with Crippen LogP contribution in [0.15, 0.2) is 29.8 Å². The minimum Gasteiger partial charge on any atom is -0.444 e. The number of carbonyl (C=O) groups excluding carboxylic acids is 2. The van der Waals surface area contributed by atoms with Crippen LogP contribution in [0, 0.1) is 0 Å². The highest BCUT2D eigenvalue weighted by atomic mass is 16.6. The third kappa shape index (κ3) is 5.90. The number of anilines is 2. The van der Waals surface area contributed by atoms with Gasteiger partial charge in [0.2, 0.25) is 0 Å². The molecule has 1 aliphatic heterocycles. The SMILES string of the molecule is CC=C(C)C(=O)Oc1cccc(N2CCC[C@@H](NC(=O)OC(C)(C)C)C2)c1N. The van der Waals surface area contributed by atoms with Crippen molar-refractivity contribution in [2.45, 2.75) is 59.1 Å². The van der Waals surface area contributed by atoms with E-state index in [1.54, 1.807) is 26.0 Å². The van der Waals surface area contributed by atoms with E-state index in [-0.39, 0.29) is 6.04 Å². The van der Waals surface area contributed by atoms with Crippen molar-refractivity contribution in [2.75, 3.05) is 23.7 Å². The molecule has 1 atom stereocenters. The van der Waals surface area contributed by atoms with Crippen LogP contribution in [-0.2, 0) is 9.53 Å². The number of esters is 1. The van der Waals surface area contributed by atoms with Crippen molar-refractivity contribution in [1.82, 2.24) is 5.32 Å². The van der Waals surface area contributed by atoms with E-state index in [2.05, 4.69) is 10.2 Å². The fraction of sp³-hybridized carbons (Fsp3) is 0.524. The number of hydrogen-bond acceptors (Lipinski definition) is 6. The summed E-state index contributed by atoms with van der Waals surface area (Å²) in [5.41, 5.74) is 7.47. The Balaban J connectivity index is 2.09. The van der Waals surface area contributed by atoms with E-state index in [0.29, 0.717) is 23.6 Å². The summed E-state index contributed by atoms with van der Waals surface area (Å²) in [5.74, 6) is -0.0830. The van der Waals surface area contributed by atoms with Crippen molar-refractivity contribution in [1.29, 1.82) is 0 Å². The Bertz CT molecular complexity index is 753. The second-order valence-corrected chi connectivity index (χ2v) is 7.98. The topological polar surface area (TPSA) is 93.9 Å². The van der Waals surface area contributed by atoms with Crippen molar-refractivity contribution in [3.05, 3.63) is 29.8 Å². The molecule has 2 rings (SSSR count). The number of nitrogen functional groups attached to an aromatic ring is 1. The molecule has 0 radical (unpaired) electrons. The number of hydrogen-bond donors (Lipinski definition) is 2. The van der Waals surface area contributed by atoms with Crippen molar-refractivity contribution in [3.8, 4) is 5.75 Å². The molecule has 0 spiro atoms. The summed E-state index contributed by atoms with van der Waals surface area (Å²) in [6.45, 7) is 10.4. The Kier molecular flexibility index (Phi) is 6.94. The second kappa shape index (κ2) is 8.99. The first kappa shape index (κ1) is 21.6. The van der Waals surface area contributed by atoms with Gasteiger partial charge in [0.25, 0.3) is 0 Å². The Hall–Kier alpha value is -2.70. The Morgan fingerprint density at radius 3 is 2.68 bits per heavy atom. The number of amides is 1. The van der Waals surface area contributed by atoms with E-state index in [4.69, 9.17) is 15.2 Å². The van der Waals surface area contributed by atoms with E-state index < -0.39 is 17.7 Å². The van der Waals surface area contributed by atoms with E-state index in [1.807, 2.05) is 32.9 Å². The fourth-order valence-electron chi connectivity index (χ4n) is 2.98. The van der Waals surface area contributed by atoms with Gasteiger partial charge in [-0.3, -0.25) is 0 Å². The maximum atomic E-state index is 12.1. The molecule has 0 aliphatic carbocycles. The summed E-state index contributed by atoms with van der Waals surface area (Å²) >= 11 is 0. The number of benzene rings is 1. The molecule has 7 nitrogen and oxygen atoms in total. The number of para-hydroxylation sites is 1. The van der Waals surface area contributed by atoms with Crippen LogP contribution < -0.4 is 20.7 Å². The molecule has 0 unspecified atom stereocenters. The summed E-state index contributed by atoms with van der Waals surface area (Å²) in [5, 5.41) is 2.93. The summed E-state index contributed by atoms with van der Waals surface area (Å²) < 4.78 is 10.8.